The van der Waals surface area contributed by atoms with E-state index in [-0.39, 0.29) is 17.2 Å². The molecule has 0 unspecified atom stereocenters. The molecule has 0 amide bonds. The fourth-order valence-electron chi connectivity index (χ4n) is 2.52. The second kappa shape index (κ2) is 7.04. The van der Waals surface area contributed by atoms with Gasteiger partial charge in [-0.3, -0.25) is 9.78 Å². The Morgan fingerprint density at radius 2 is 2.08 bits per heavy atom. The number of hydrogen-bond donors (Lipinski definition) is 1. The van der Waals surface area contributed by atoms with Crippen molar-refractivity contribution in [3.8, 4) is 17.2 Å². The van der Waals surface area contributed by atoms with E-state index in [2.05, 4.69) is 15.2 Å². The van der Waals surface area contributed by atoms with E-state index >= 15 is 0 Å². The van der Waals surface area contributed by atoms with Crippen LogP contribution in [0.25, 0.3) is 5.69 Å². The minimum Gasteiger partial charge on any atom is -0.486 e. The van der Waals surface area contributed by atoms with Gasteiger partial charge in [0.1, 0.15) is 13.2 Å². The van der Waals surface area contributed by atoms with Crippen molar-refractivity contribution < 1.29 is 14.3 Å². The van der Waals surface area contributed by atoms with Crippen molar-refractivity contribution in [3.05, 3.63) is 58.8 Å². The number of aromatic amines is 1. The maximum absolute atomic E-state index is 12.5. The van der Waals surface area contributed by atoms with Gasteiger partial charge in [-0.15, -0.1) is 5.10 Å². The summed E-state index contributed by atoms with van der Waals surface area (Å²) in [6, 6.07) is 8.58. The van der Waals surface area contributed by atoms with Crippen LogP contribution in [0.15, 0.2) is 52.7 Å². The first-order valence-corrected chi connectivity index (χ1v) is 8.84. The molecule has 9 heteroatoms. The van der Waals surface area contributed by atoms with Gasteiger partial charge in [-0.2, -0.15) is 0 Å². The highest BCUT2D eigenvalue weighted by Crippen LogP contribution is 2.31. The van der Waals surface area contributed by atoms with Crippen LogP contribution in [-0.4, -0.2) is 44.5 Å². The Bertz CT molecular complexity index is 999. The summed E-state index contributed by atoms with van der Waals surface area (Å²) in [5, 5.41) is 6.79. The third-order valence-corrected chi connectivity index (χ3v) is 4.68. The first-order valence-electron chi connectivity index (χ1n) is 7.86. The molecule has 4 rings (SSSR count). The van der Waals surface area contributed by atoms with Gasteiger partial charge < -0.3 is 9.47 Å². The lowest BCUT2D eigenvalue weighted by Gasteiger charge is -2.18. The van der Waals surface area contributed by atoms with Gasteiger partial charge in [-0.05, 0) is 30.3 Å². The summed E-state index contributed by atoms with van der Waals surface area (Å²) in [6.07, 6.45) is 3.18. The summed E-state index contributed by atoms with van der Waals surface area (Å²) >= 11 is 1.17. The lowest BCUT2D eigenvalue weighted by Crippen LogP contribution is -2.16. The maximum Gasteiger partial charge on any atom is 0.348 e. The van der Waals surface area contributed by atoms with Crippen molar-refractivity contribution in [1.29, 1.82) is 0 Å². The zero-order chi connectivity index (χ0) is 17.9. The zero-order valence-corrected chi connectivity index (χ0v) is 14.4. The van der Waals surface area contributed by atoms with Crippen LogP contribution in [0.1, 0.15) is 10.4 Å². The number of pyridine rings is 1. The fraction of sp³-hybridized carbons (Fsp3) is 0.176. The summed E-state index contributed by atoms with van der Waals surface area (Å²) in [7, 11) is 0. The van der Waals surface area contributed by atoms with Crippen LogP contribution >= 0.6 is 11.8 Å². The number of carbonyl (C=O) groups is 1. The number of rotatable bonds is 5. The second-order valence-corrected chi connectivity index (χ2v) is 6.37. The van der Waals surface area contributed by atoms with E-state index in [9.17, 15) is 9.59 Å². The molecule has 26 heavy (non-hydrogen) atoms. The predicted octanol–water partition coefficient (Wildman–Crippen LogP) is 1.70. The molecule has 0 saturated heterocycles. The topological polar surface area (TPSA) is 99.1 Å². The quantitative estimate of drug-likeness (QED) is 0.539. The zero-order valence-electron chi connectivity index (χ0n) is 13.5. The predicted molar refractivity (Wildman–Crippen MR) is 94.5 cm³/mol. The van der Waals surface area contributed by atoms with E-state index in [4.69, 9.17) is 9.47 Å². The number of nitrogens with one attached hydrogen (secondary N) is 1. The van der Waals surface area contributed by atoms with Crippen molar-refractivity contribution in [2.24, 2.45) is 0 Å². The highest BCUT2D eigenvalue weighted by Gasteiger charge is 2.17. The number of nitrogens with zero attached hydrogens (tertiary/aromatic N) is 3. The molecule has 0 radical (unpaired) electrons. The summed E-state index contributed by atoms with van der Waals surface area (Å²) in [5.74, 6) is 1.24. The number of Topliss-reactive ketones (excluding diaryl/α,β-unsaturated/α-hetero) is 1. The molecule has 0 spiro atoms. The van der Waals surface area contributed by atoms with Gasteiger partial charge in [0.2, 0.25) is 0 Å². The molecular formula is C17H14N4O4S. The van der Waals surface area contributed by atoms with Crippen molar-refractivity contribution in [2.45, 2.75) is 5.16 Å². The molecule has 1 N–H and O–H groups in total. The molecule has 0 fully saturated rings. The molecule has 0 saturated carbocycles. The van der Waals surface area contributed by atoms with E-state index in [1.807, 2.05) is 0 Å². The normalized spacial score (nSPS) is 12.8. The minimum atomic E-state index is -0.382. The Hall–Kier alpha value is -3.07. The molecule has 0 aliphatic carbocycles. The second-order valence-electron chi connectivity index (χ2n) is 5.43. The van der Waals surface area contributed by atoms with Crippen molar-refractivity contribution in [3.63, 3.8) is 0 Å². The molecular weight excluding hydrogens is 356 g/mol. The number of hydrogen-bond acceptors (Lipinski definition) is 7. The van der Waals surface area contributed by atoms with Crippen LogP contribution in [0, 0.1) is 0 Å². The molecule has 3 heterocycles. The molecule has 1 aliphatic heterocycles. The third kappa shape index (κ3) is 3.21. The standard InChI is InChI=1S/C17H14N4O4S/c22-13(11-3-4-14-15(8-11)25-7-6-24-14)10-26-17-20-19-16(23)21(17)12-2-1-5-18-9-12/h1-5,8-9H,6-7,10H2,(H,19,23). The van der Waals surface area contributed by atoms with Crippen LogP contribution < -0.4 is 15.2 Å². The number of thioether (sulfide) groups is 1. The monoisotopic (exact) mass is 370 g/mol. The van der Waals surface area contributed by atoms with Gasteiger partial charge in [0.05, 0.1) is 17.6 Å². The SMILES string of the molecule is O=C(CSc1n[nH]c(=O)n1-c1cccnc1)c1ccc2c(c1)OCCO2. The highest BCUT2D eigenvalue weighted by molar-refractivity contribution is 7.99. The first kappa shape index (κ1) is 16.4. The molecule has 0 bridgehead atoms. The van der Waals surface area contributed by atoms with Crippen LogP contribution in [0.2, 0.25) is 0 Å². The largest absolute Gasteiger partial charge is 0.486 e. The average Bonchev–Trinajstić information content (AvgIpc) is 3.06. The average molecular weight is 370 g/mol. The van der Waals surface area contributed by atoms with Crippen molar-refractivity contribution in [1.82, 2.24) is 19.7 Å². The summed E-state index contributed by atoms with van der Waals surface area (Å²) in [4.78, 5) is 28.5. The highest BCUT2D eigenvalue weighted by atomic mass is 32.2. The Morgan fingerprint density at radius 3 is 2.88 bits per heavy atom. The van der Waals surface area contributed by atoms with E-state index in [0.29, 0.717) is 41.1 Å². The molecule has 2 aromatic heterocycles. The molecule has 1 aromatic carbocycles. The number of benzene rings is 1. The van der Waals surface area contributed by atoms with Crippen LogP contribution in [0.3, 0.4) is 0 Å². The lowest BCUT2D eigenvalue weighted by atomic mass is 10.1. The first-order chi connectivity index (χ1) is 12.7. The number of ketones is 1. The Morgan fingerprint density at radius 1 is 1.23 bits per heavy atom. The number of fused-ring (bicyclic) bond motifs is 1. The number of H-pyrrole nitrogens is 1. The van der Waals surface area contributed by atoms with E-state index < -0.39 is 0 Å². The van der Waals surface area contributed by atoms with Gasteiger partial charge in [-0.25, -0.2) is 14.5 Å². The number of carbonyl (C=O) groups excluding carboxylic acids is 1. The van der Waals surface area contributed by atoms with Crippen LogP contribution in [-0.2, 0) is 0 Å². The molecule has 8 nitrogen and oxygen atoms in total. The van der Waals surface area contributed by atoms with Crippen molar-refractivity contribution in [2.75, 3.05) is 19.0 Å². The smallest absolute Gasteiger partial charge is 0.348 e. The Labute approximate surface area is 152 Å². The third-order valence-electron chi connectivity index (χ3n) is 3.74. The Kier molecular flexibility index (Phi) is 4.44. The number of ether oxygens (including phenoxy) is 2. The van der Waals surface area contributed by atoms with Crippen molar-refractivity contribution >= 4 is 17.5 Å². The van der Waals surface area contributed by atoms with E-state index in [1.54, 1.807) is 42.7 Å². The van der Waals surface area contributed by atoms with E-state index in [1.165, 1.54) is 16.3 Å². The molecule has 1 aliphatic rings. The Balaban J connectivity index is 1.51. The van der Waals surface area contributed by atoms with Gasteiger partial charge >= 0.3 is 5.69 Å². The van der Waals surface area contributed by atoms with Gasteiger partial charge in [0, 0.05) is 11.8 Å². The van der Waals surface area contributed by atoms with Crippen LogP contribution in [0.4, 0.5) is 0 Å². The number of aromatic nitrogens is 4. The van der Waals surface area contributed by atoms with Gasteiger partial charge in [0.15, 0.2) is 22.4 Å². The van der Waals surface area contributed by atoms with E-state index in [0.717, 1.165) is 0 Å². The fourth-order valence-corrected chi connectivity index (χ4v) is 3.38. The molecule has 0 atom stereocenters. The minimum absolute atomic E-state index is 0.0971. The summed E-state index contributed by atoms with van der Waals surface area (Å²) in [6.45, 7) is 0.964. The maximum atomic E-state index is 12.5. The van der Waals surface area contributed by atoms with Gasteiger partial charge in [-0.1, -0.05) is 11.8 Å². The molecule has 132 valence electrons. The van der Waals surface area contributed by atoms with Crippen LogP contribution in [0.5, 0.6) is 11.5 Å². The lowest BCUT2D eigenvalue weighted by molar-refractivity contribution is 0.102. The summed E-state index contributed by atoms with van der Waals surface area (Å²) < 4.78 is 12.3. The van der Waals surface area contributed by atoms with Gasteiger partial charge in [0.25, 0.3) is 0 Å². The molecule has 3 aromatic rings. The summed E-state index contributed by atoms with van der Waals surface area (Å²) in [5.41, 5.74) is 0.723.